The van der Waals surface area contributed by atoms with Gasteiger partial charge in [-0.15, -0.1) is 0 Å². The first-order chi connectivity index (χ1) is 13.0. The molecule has 1 aromatic heterocycles. The maximum Gasteiger partial charge on any atom is 0.254 e. The van der Waals surface area contributed by atoms with Crippen LogP contribution in [0, 0.1) is 0 Å². The number of halogens is 2. The summed E-state index contributed by atoms with van der Waals surface area (Å²) < 4.78 is 5.24. The minimum atomic E-state index is -0.117. The Kier molecular flexibility index (Phi) is 6.32. The first kappa shape index (κ1) is 19.2. The van der Waals surface area contributed by atoms with Crippen LogP contribution in [0.15, 0.2) is 67.0 Å². The molecule has 3 rings (SSSR count). The van der Waals surface area contributed by atoms with Crippen LogP contribution in [0.3, 0.4) is 0 Å². The van der Waals surface area contributed by atoms with Gasteiger partial charge in [0, 0.05) is 41.1 Å². The molecule has 2 aromatic carbocycles. The lowest BCUT2D eigenvalue weighted by molar-refractivity contribution is 0.0729. The molecule has 0 aliphatic rings. The van der Waals surface area contributed by atoms with Crippen LogP contribution in [-0.4, -0.2) is 22.9 Å². The number of carbonyl (C=O) groups is 1. The van der Waals surface area contributed by atoms with Gasteiger partial charge in [0.15, 0.2) is 0 Å². The number of carbonyl (C=O) groups excluding carboxylic acids is 1. The first-order valence-electron chi connectivity index (χ1n) is 8.32. The fourth-order valence-corrected chi connectivity index (χ4v) is 3.34. The molecule has 0 spiro atoms. The summed E-state index contributed by atoms with van der Waals surface area (Å²) in [5.74, 6) is 0.516. The maximum absolute atomic E-state index is 13.2. The van der Waals surface area contributed by atoms with Crippen LogP contribution in [0.4, 0.5) is 0 Å². The molecule has 0 fully saturated rings. The molecule has 1 heterocycles. The largest absolute Gasteiger partial charge is 0.497 e. The van der Waals surface area contributed by atoms with Crippen LogP contribution in [0.2, 0.25) is 10.0 Å². The van der Waals surface area contributed by atoms with Crippen molar-refractivity contribution in [2.45, 2.75) is 13.1 Å². The number of ether oxygens (including phenoxy) is 1. The van der Waals surface area contributed by atoms with Gasteiger partial charge in [0.25, 0.3) is 5.91 Å². The quantitative estimate of drug-likeness (QED) is 0.567. The first-order valence-corrected chi connectivity index (χ1v) is 9.08. The van der Waals surface area contributed by atoms with Crippen molar-refractivity contribution >= 4 is 29.1 Å². The summed E-state index contributed by atoms with van der Waals surface area (Å²) in [6.07, 6.45) is 3.45. The van der Waals surface area contributed by atoms with Gasteiger partial charge in [-0.3, -0.25) is 9.78 Å². The fourth-order valence-electron chi connectivity index (χ4n) is 2.77. The molecule has 0 saturated carbocycles. The minimum absolute atomic E-state index is 0.117. The van der Waals surface area contributed by atoms with Crippen LogP contribution in [0.25, 0.3) is 0 Å². The lowest BCUT2D eigenvalue weighted by Crippen LogP contribution is -2.30. The van der Waals surface area contributed by atoms with Crippen molar-refractivity contribution < 1.29 is 9.53 Å². The topological polar surface area (TPSA) is 42.4 Å². The number of nitrogens with zero attached hydrogens (tertiary/aromatic N) is 2. The third kappa shape index (κ3) is 5.22. The monoisotopic (exact) mass is 400 g/mol. The second-order valence-corrected chi connectivity index (χ2v) is 6.91. The molecule has 4 nitrogen and oxygen atoms in total. The molecule has 0 bridgehead atoms. The summed E-state index contributed by atoms with van der Waals surface area (Å²) in [6, 6.07) is 16.2. The van der Waals surface area contributed by atoms with E-state index >= 15 is 0 Å². The lowest BCUT2D eigenvalue weighted by Gasteiger charge is -2.23. The molecule has 0 aliphatic heterocycles. The summed E-state index contributed by atoms with van der Waals surface area (Å²) in [7, 11) is 1.57. The average molecular weight is 401 g/mol. The van der Waals surface area contributed by atoms with Gasteiger partial charge in [-0.25, -0.2) is 0 Å². The molecule has 27 heavy (non-hydrogen) atoms. The van der Waals surface area contributed by atoms with E-state index in [1.807, 2.05) is 24.3 Å². The molecule has 0 aliphatic carbocycles. The summed E-state index contributed by atoms with van der Waals surface area (Å²) >= 11 is 12.2. The van der Waals surface area contributed by atoms with E-state index in [-0.39, 0.29) is 5.91 Å². The van der Waals surface area contributed by atoms with E-state index in [1.165, 1.54) is 0 Å². The standard InChI is InChI=1S/C21H18Cl2N2O2/c1-27-20-6-2-5-17(10-20)21(26)25(13-15-4-3-7-24-12-15)14-16-8-18(22)11-19(23)9-16/h2-12H,13-14H2,1H3. The molecular weight excluding hydrogens is 383 g/mol. The Morgan fingerprint density at radius 1 is 1.00 bits per heavy atom. The van der Waals surface area contributed by atoms with Gasteiger partial charge in [0.1, 0.15) is 5.75 Å². The molecule has 0 N–H and O–H groups in total. The molecular formula is C21H18Cl2N2O2. The van der Waals surface area contributed by atoms with Crippen molar-refractivity contribution in [3.8, 4) is 5.75 Å². The van der Waals surface area contributed by atoms with E-state index in [2.05, 4.69) is 4.98 Å². The molecule has 3 aromatic rings. The SMILES string of the molecule is COc1cccc(C(=O)N(Cc2cccnc2)Cc2cc(Cl)cc(Cl)c2)c1. The number of hydrogen-bond acceptors (Lipinski definition) is 3. The molecule has 0 unspecified atom stereocenters. The van der Waals surface area contributed by atoms with Crippen LogP contribution in [0.1, 0.15) is 21.5 Å². The van der Waals surface area contributed by atoms with Gasteiger partial charge in [0.05, 0.1) is 7.11 Å². The normalized spacial score (nSPS) is 10.5. The number of aromatic nitrogens is 1. The van der Waals surface area contributed by atoms with E-state index < -0.39 is 0 Å². The number of rotatable bonds is 6. The summed E-state index contributed by atoms with van der Waals surface area (Å²) in [6.45, 7) is 0.777. The number of methoxy groups -OCH3 is 1. The Bertz CT molecular complexity index is 912. The van der Waals surface area contributed by atoms with Crippen molar-refractivity contribution in [1.82, 2.24) is 9.88 Å². The van der Waals surface area contributed by atoms with Crippen LogP contribution >= 0.6 is 23.2 Å². The Hall–Kier alpha value is -2.56. The Balaban J connectivity index is 1.91. The second kappa shape index (κ2) is 8.89. The van der Waals surface area contributed by atoms with Gasteiger partial charge in [-0.2, -0.15) is 0 Å². The number of amides is 1. The van der Waals surface area contributed by atoms with Crippen molar-refractivity contribution in [2.75, 3.05) is 7.11 Å². The van der Waals surface area contributed by atoms with Gasteiger partial charge >= 0.3 is 0 Å². The number of benzene rings is 2. The van der Waals surface area contributed by atoms with Crippen molar-refractivity contribution in [3.63, 3.8) is 0 Å². The highest BCUT2D eigenvalue weighted by Crippen LogP contribution is 2.22. The number of pyridine rings is 1. The van der Waals surface area contributed by atoms with Gasteiger partial charge in [0.2, 0.25) is 0 Å². The van der Waals surface area contributed by atoms with Crippen molar-refractivity contribution in [1.29, 1.82) is 0 Å². The summed E-state index contributed by atoms with van der Waals surface area (Å²) in [5, 5.41) is 1.07. The molecule has 6 heteroatoms. The van der Waals surface area contributed by atoms with E-state index in [0.717, 1.165) is 11.1 Å². The van der Waals surface area contributed by atoms with E-state index in [4.69, 9.17) is 27.9 Å². The third-order valence-electron chi connectivity index (χ3n) is 4.00. The van der Waals surface area contributed by atoms with Crippen LogP contribution in [0.5, 0.6) is 5.75 Å². The van der Waals surface area contributed by atoms with Gasteiger partial charge in [-0.05, 0) is 53.6 Å². The predicted molar refractivity (Wildman–Crippen MR) is 107 cm³/mol. The van der Waals surface area contributed by atoms with E-state index in [9.17, 15) is 4.79 Å². The van der Waals surface area contributed by atoms with E-state index in [1.54, 1.807) is 54.7 Å². The average Bonchev–Trinajstić information content (AvgIpc) is 2.67. The molecule has 0 radical (unpaired) electrons. The van der Waals surface area contributed by atoms with Crippen molar-refractivity contribution in [3.05, 3.63) is 93.7 Å². The zero-order valence-corrected chi connectivity index (χ0v) is 16.2. The maximum atomic E-state index is 13.2. The Morgan fingerprint density at radius 3 is 2.41 bits per heavy atom. The zero-order valence-electron chi connectivity index (χ0n) is 14.7. The highest BCUT2D eigenvalue weighted by molar-refractivity contribution is 6.34. The van der Waals surface area contributed by atoms with E-state index in [0.29, 0.717) is 34.4 Å². The van der Waals surface area contributed by atoms with Crippen molar-refractivity contribution in [2.24, 2.45) is 0 Å². The second-order valence-electron chi connectivity index (χ2n) is 6.03. The van der Waals surface area contributed by atoms with Gasteiger partial charge in [-0.1, -0.05) is 35.3 Å². The summed E-state index contributed by atoms with van der Waals surface area (Å²) in [5.41, 5.74) is 2.33. The third-order valence-corrected chi connectivity index (χ3v) is 4.43. The predicted octanol–water partition coefficient (Wildman–Crippen LogP) is 5.24. The number of hydrogen-bond donors (Lipinski definition) is 0. The minimum Gasteiger partial charge on any atom is -0.497 e. The Morgan fingerprint density at radius 2 is 1.74 bits per heavy atom. The smallest absolute Gasteiger partial charge is 0.254 e. The zero-order chi connectivity index (χ0) is 19.2. The highest BCUT2D eigenvalue weighted by Gasteiger charge is 2.18. The van der Waals surface area contributed by atoms with Crippen LogP contribution < -0.4 is 4.74 Å². The molecule has 0 atom stereocenters. The lowest BCUT2D eigenvalue weighted by atomic mass is 10.1. The fraction of sp³-hybridized carbons (Fsp3) is 0.143. The molecule has 0 saturated heterocycles. The molecule has 138 valence electrons. The Labute approximate surface area is 168 Å². The highest BCUT2D eigenvalue weighted by atomic mass is 35.5. The molecule has 1 amide bonds. The van der Waals surface area contributed by atoms with Crippen LogP contribution in [-0.2, 0) is 13.1 Å². The van der Waals surface area contributed by atoms with Gasteiger partial charge < -0.3 is 9.64 Å². The summed E-state index contributed by atoms with van der Waals surface area (Å²) in [4.78, 5) is 19.0.